The summed E-state index contributed by atoms with van der Waals surface area (Å²) < 4.78 is 10.7. The molecule has 2 amide bonds. The van der Waals surface area contributed by atoms with E-state index in [1.807, 2.05) is 0 Å². The molecule has 0 spiro atoms. The summed E-state index contributed by atoms with van der Waals surface area (Å²) in [5.74, 6) is -1.12. The molecule has 2 aliphatic heterocycles. The van der Waals surface area contributed by atoms with Crippen LogP contribution in [0, 0.1) is 5.41 Å². The van der Waals surface area contributed by atoms with Crippen molar-refractivity contribution in [1.82, 2.24) is 0 Å². The molecule has 0 saturated carbocycles. The van der Waals surface area contributed by atoms with Crippen molar-refractivity contribution in [2.45, 2.75) is 39.7 Å². The van der Waals surface area contributed by atoms with Gasteiger partial charge in [-0.05, 0) is 51.0 Å². The average molecular weight is 357 g/mol. The molecule has 0 N–H and O–H groups in total. The Bertz CT molecular complexity index is 767. The fourth-order valence-electron chi connectivity index (χ4n) is 3.11. The van der Waals surface area contributed by atoms with Crippen molar-refractivity contribution in [1.29, 1.82) is 0 Å². The molecule has 0 aromatic heterocycles. The number of ether oxygens (including phenoxy) is 2. The number of imide groups is 1. The van der Waals surface area contributed by atoms with Gasteiger partial charge in [0.2, 0.25) is 0 Å². The van der Waals surface area contributed by atoms with E-state index in [9.17, 15) is 14.4 Å². The van der Waals surface area contributed by atoms with Crippen LogP contribution in [0.4, 0.5) is 5.69 Å². The van der Waals surface area contributed by atoms with Crippen molar-refractivity contribution in [3.05, 3.63) is 41.5 Å². The predicted molar refractivity (Wildman–Crippen MR) is 95.7 cm³/mol. The number of nitrogens with zero attached hydrogens (tertiary/aromatic N) is 1. The lowest BCUT2D eigenvalue weighted by Gasteiger charge is -2.45. The lowest BCUT2D eigenvalue weighted by molar-refractivity contribution is -0.172. The number of hydrogen-bond acceptors (Lipinski definition) is 5. The van der Waals surface area contributed by atoms with Crippen LogP contribution in [0.3, 0.4) is 0 Å². The van der Waals surface area contributed by atoms with E-state index in [0.717, 1.165) is 24.3 Å². The van der Waals surface area contributed by atoms with E-state index < -0.39 is 5.97 Å². The molecule has 0 radical (unpaired) electrons. The maximum atomic E-state index is 12.1. The largest absolute Gasteiger partial charge is 0.462 e. The van der Waals surface area contributed by atoms with Gasteiger partial charge >= 0.3 is 5.97 Å². The lowest BCUT2D eigenvalue weighted by Crippen LogP contribution is -2.47. The molecule has 6 nitrogen and oxygen atoms in total. The number of amides is 2. The topological polar surface area (TPSA) is 72.9 Å². The molecule has 1 fully saturated rings. The Labute approximate surface area is 152 Å². The highest BCUT2D eigenvalue weighted by Crippen LogP contribution is 2.38. The number of esters is 1. The van der Waals surface area contributed by atoms with Gasteiger partial charge < -0.3 is 9.47 Å². The van der Waals surface area contributed by atoms with Gasteiger partial charge in [-0.3, -0.25) is 9.59 Å². The zero-order chi connectivity index (χ0) is 18.9. The lowest BCUT2D eigenvalue weighted by atomic mass is 9.77. The smallest absolute Gasteiger partial charge is 0.338 e. The number of carbonyl (C=O) groups excluding carboxylic acids is 3. The van der Waals surface area contributed by atoms with Gasteiger partial charge in [-0.25, -0.2) is 9.69 Å². The first-order valence-corrected chi connectivity index (χ1v) is 8.77. The van der Waals surface area contributed by atoms with Crippen LogP contribution in [0.15, 0.2) is 35.9 Å². The SMILES string of the molecule is CC1=CC(=O)N(c2ccc(C(=O)OCCCC3(C)COC3C)cc2)C1=O. The van der Waals surface area contributed by atoms with Gasteiger partial charge in [0, 0.05) is 17.1 Å². The third kappa shape index (κ3) is 3.42. The first-order chi connectivity index (χ1) is 12.3. The van der Waals surface area contributed by atoms with Crippen molar-refractivity contribution in [3.8, 4) is 0 Å². The van der Waals surface area contributed by atoms with Crippen molar-refractivity contribution in [2.75, 3.05) is 18.1 Å². The monoisotopic (exact) mass is 357 g/mol. The van der Waals surface area contributed by atoms with E-state index in [2.05, 4.69) is 13.8 Å². The van der Waals surface area contributed by atoms with Crippen LogP contribution in [0.2, 0.25) is 0 Å². The Kier molecular flexibility index (Phi) is 4.96. The van der Waals surface area contributed by atoms with E-state index in [1.54, 1.807) is 31.2 Å². The summed E-state index contributed by atoms with van der Waals surface area (Å²) in [6.45, 7) is 6.95. The summed E-state index contributed by atoms with van der Waals surface area (Å²) in [6, 6.07) is 6.28. The molecule has 0 aliphatic carbocycles. The van der Waals surface area contributed by atoms with Crippen LogP contribution in [0.1, 0.15) is 44.0 Å². The fraction of sp³-hybridized carbons (Fsp3) is 0.450. The maximum absolute atomic E-state index is 12.1. The molecule has 1 saturated heterocycles. The molecular weight excluding hydrogens is 334 g/mol. The van der Waals surface area contributed by atoms with Gasteiger partial charge in [-0.1, -0.05) is 6.92 Å². The molecule has 1 aromatic rings. The summed E-state index contributed by atoms with van der Waals surface area (Å²) in [5.41, 5.74) is 1.41. The number of benzene rings is 1. The van der Waals surface area contributed by atoms with E-state index in [0.29, 0.717) is 23.4 Å². The minimum Gasteiger partial charge on any atom is -0.462 e. The molecule has 2 unspecified atom stereocenters. The van der Waals surface area contributed by atoms with Crippen LogP contribution >= 0.6 is 0 Å². The molecule has 6 heteroatoms. The highest BCUT2D eigenvalue weighted by molar-refractivity contribution is 6.30. The Morgan fingerprint density at radius 1 is 1.31 bits per heavy atom. The van der Waals surface area contributed by atoms with Gasteiger partial charge in [-0.15, -0.1) is 0 Å². The third-order valence-electron chi connectivity index (χ3n) is 5.23. The van der Waals surface area contributed by atoms with E-state index in [4.69, 9.17) is 9.47 Å². The first-order valence-electron chi connectivity index (χ1n) is 8.77. The number of carbonyl (C=O) groups is 3. The van der Waals surface area contributed by atoms with Crippen LogP contribution in [-0.2, 0) is 19.1 Å². The van der Waals surface area contributed by atoms with Crippen LogP contribution < -0.4 is 4.90 Å². The minimum atomic E-state index is -0.409. The Morgan fingerprint density at radius 3 is 2.50 bits per heavy atom. The molecule has 138 valence electrons. The van der Waals surface area contributed by atoms with Crippen molar-refractivity contribution >= 4 is 23.5 Å². The molecule has 2 heterocycles. The quantitative estimate of drug-likeness (QED) is 0.445. The summed E-state index contributed by atoms with van der Waals surface area (Å²) in [6.07, 6.45) is 3.29. The Balaban J connectivity index is 1.51. The maximum Gasteiger partial charge on any atom is 0.338 e. The van der Waals surface area contributed by atoms with Crippen LogP contribution in [0.5, 0.6) is 0 Å². The van der Waals surface area contributed by atoms with Crippen molar-refractivity contribution in [2.24, 2.45) is 5.41 Å². The van der Waals surface area contributed by atoms with Crippen LogP contribution in [0.25, 0.3) is 0 Å². The average Bonchev–Trinajstić information content (AvgIpc) is 2.89. The standard InChI is InChI=1S/C20H23NO5/c1-13-11-17(22)21(18(13)23)16-7-5-15(6-8-16)19(24)25-10-4-9-20(3)12-26-14(20)2/h5-8,11,14H,4,9-10,12H2,1-3H3. The van der Waals surface area contributed by atoms with Gasteiger partial charge in [-0.2, -0.15) is 0 Å². The molecule has 2 aliphatic rings. The van der Waals surface area contributed by atoms with Crippen LogP contribution in [-0.4, -0.2) is 37.1 Å². The van der Waals surface area contributed by atoms with Gasteiger partial charge in [0.1, 0.15) is 0 Å². The third-order valence-corrected chi connectivity index (χ3v) is 5.23. The second-order valence-electron chi connectivity index (χ2n) is 7.20. The summed E-state index contributed by atoms with van der Waals surface area (Å²) in [7, 11) is 0. The predicted octanol–water partition coefficient (Wildman–Crippen LogP) is 2.87. The first kappa shape index (κ1) is 18.3. The van der Waals surface area contributed by atoms with E-state index in [1.165, 1.54) is 6.08 Å². The Hall–Kier alpha value is -2.47. The second kappa shape index (κ2) is 7.03. The second-order valence-corrected chi connectivity index (χ2v) is 7.20. The molecule has 0 bridgehead atoms. The van der Waals surface area contributed by atoms with Crippen molar-refractivity contribution in [3.63, 3.8) is 0 Å². The number of anilines is 1. The molecule has 26 heavy (non-hydrogen) atoms. The van der Waals surface area contributed by atoms with Crippen molar-refractivity contribution < 1.29 is 23.9 Å². The summed E-state index contributed by atoms with van der Waals surface area (Å²) in [5, 5.41) is 0. The molecule has 3 rings (SSSR count). The minimum absolute atomic E-state index is 0.176. The molecular formula is C20H23NO5. The zero-order valence-electron chi connectivity index (χ0n) is 15.3. The van der Waals surface area contributed by atoms with E-state index in [-0.39, 0.29) is 23.3 Å². The van der Waals surface area contributed by atoms with Gasteiger partial charge in [0.25, 0.3) is 11.8 Å². The summed E-state index contributed by atoms with van der Waals surface area (Å²) in [4.78, 5) is 37.0. The van der Waals surface area contributed by atoms with Gasteiger partial charge in [0.05, 0.1) is 30.6 Å². The normalized spacial score (nSPS) is 25.1. The Morgan fingerprint density at radius 2 is 2.00 bits per heavy atom. The molecule has 2 atom stereocenters. The molecule has 1 aromatic carbocycles. The van der Waals surface area contributed by atoms with E-state index >= 15 is 0 Å². The highest BCUT2D eigenvalue weighted by Gasteiger charge is 2.40. The number of hydrogen-bond donors (Lipinski definition) is 0. The van der Waals surface area contributed by atoms with Gasteiger partial charge in [0.15, 0.2) is 0 Å². The zero-order valence-corrected chi connectivity index (χ0v) is 15.3. The summed E-state index contributed by atoms with van der Waals surface area (Å²) >= 11 is 0. The number of rotatable bonds is 6. The highest BCUT2D eigenvalue weighted by atomic mass is 16.5. The fourth-order valence-corrected chi connectivity index (χ4v) is 3.11.